The summed E-state index contributed by atoms with van der Waals surface area (Å²) in [6.07, 6.45) is 2.86. The van der Waals surface area contributed by atoms with Gasteiger partial charge in [-0.25, -0.2) is 0 Å². The van der Waals surface area contributed by atoms with E-state index in [4.69, 9.17) is 0 Å². The lowest BCUT2D eigenvalue weighted by Crippen LogP contribution is -2.44. The van der Waals surface area contributed by atoms with Crippen molar-refractivity contribution in [1.82, 2.24) is 15.5 Å². The predicted molar refractivity (Wildman–Crippen MR) is 95.6 cm³/mol. The second-order valence-electron chi connectivity index (χ2n) is 6.29. The van der Waals surface area contributed by atoms with E-state index < -0.39 is 0 Å². The number of nitrogens with zero attached hydrogens (tertiary/aromatic N) is 1. The van der Waals surface area contributed by atoms with E-state index in [0.29, 0.717) is 26.1 Å². The molecule has 0 radical (unpaired) electrons. The summed E-state index contributed by atoms with van der Waals surface area (Å²) in [5.74, 6) is 0.374. The molecule has 5 nitrogen and oxygen atoms in total. The number of piperidine rings is 1. The molecule has 1 fully saturated rings. The average Bonchev–Trinajstić information content (AvgIpc) is 2.64. The van der Waals surface area contributed by atoms with Gasteiger partial charge in [0.2, 0.25) is 11.8 Å². The van der Waals surface area contributed by atoms with E-state index in [0.717, 1.165) is 32.4 Å². The normalized spacial score (nSPS) is 15.3. The van der Waals surface area contributed by atoms with Gasteiger partial charge in [-0.2, -0.15) is 0 Å². The number of hydrogen-bond donors (Lipinski definition) is 2. The van der Waals surface area contributed by atoms with Crippen LogP contribution in [0.15, 0.2) is 30.3 Å². The lowest BCUT2D eigenvalue weighted by molar-refractivity contribution is -0.135. The maximum Gasteiger partial charge on any atom is 0.223 e. The summed E-state index contributed by atoms with van der Waals surface area (Å²) in [4.78, 5) is 26.3. The zero-order chi connectivity index (χ0) is 17.2. The Bertz CT molecular complexity index is 511. The molecule has 1 aliphatic heterocycles. The van der Waals surface area contributed by atoms with Gasteiger partial charge in [-0.1, -0.05) is 37.3 Å². The molecule has 1 aliphatic rings. The van der Waals surface area contributed by atoms with Gasteiger partial charge >= 0.3 is 0 Å². The van der Waals surface area contributed by atoms with E-state index in [2.05, 4.69) is 22.8 Å². The first kappa shape index (κ1) is 18.5. The van der Waals surface area contributed by atoms with Crippen LogP contribution < -0.4 is 10.6 Å². The summed E-state index contributed by atoms with van der Waals surface area (Å²) in [5.41, 5.74) is 1.20. The molecular formula is C19H29N3O2. The third-order valence-electron chi connectivity index (χ3n) is 4.54. The van der Waals surface area contributed by atoms with E-state index >= 15 is 0 Å². The summed E-state index contributed by atoms with van der Waals surface area (Å²) in [6.45, 7) is 5.82. The molecule has 1 aromatic carbocycles. The molecular weight excluding hydrogens is 302 g/mol. The van der Waals surface area contributed by atoms with Crippen LogP contribution in [0.3, 0.4) is 0 Å². The van der Waals surface area contributed by atoms with Crippen molar-refractivity contribution >= 4 is 11.8 Å². The number of amides is 2. The van der Waals surface area contributed by atoms with Crippen molar-refractivity contribution in [2.24, 2.45) is 5.92 Å². The number of rotatable bonds is 8. The molecule has 1 aromatic rings. The van der Waals surface area contributed by atoms with E-state index in [1.807, 2.05) is 30.0 Å². The van der Waals surface area contributed by atoms with Crippen LogP contribution in [0.4, 0.5) is 0 Å². The first-order chi connectivity index (χ1) is 11.7. The molecule has 1 heterocycles. The Kier molecular flexibility index (Phi) is 7.75. The topological polar surface area (TPSA) is 61.4 Å². The number of carbonyl (C=O) groups is 2. The molecule has 2 amide bonds. The quantitative estimate of drug-likeness (QED) is 0.711. The summed E-state index contributed by atoms with van der Waals surface area (Å²) >= 11 is 0. The lowest BCUT2D eigenvalue weighted by Gasteiger charge is -2.31. The summed E-state index contributed by atoms with van der Waals surface area (Å²) in [5, 5.41) is 6.16. The molecule has 0 aliphatic carbocycles. The number of carbonyl (C=O) groups excluding carboxylic acids is 2. The molecule has 132 valence electrons. The van der Waals surface area contributed by atoms with Crippen molar-refractivity contribution in [2.45, 2.75) is 32.6 Å². The van der Waals surface area contributed by atoms with Crippen molar-refractivity contribution in [1.29, 1.82) is 0 Å². The molecule has 24 heavy (non-hydrogen) atoms. The van der Waals surface area contributed by atoms with Crippen LogP contribution in [0, 0.1) is 5.92 Å². The zero-order valence-corrected chi connectivity index (χ0v) is 14.6. The Hall–Kier alpha value is -1.88. The SMILES string of the molecule is CCNCCNC(=O)C1CCN(C(=O)CCc2ccccc2)CC1. The minimum atomic E-state index is 0.0461. The summed E-state index contributed by atoms with van der Waals surface area (Å²) in [7, 11) is 0. The number of nitrogens with one attached hydrogen (secondary N) is 2. The Morgan fingerprint density at radius 1 is 1.12 bits per heavy atom. The standard InChI is InChI=1S/C19H29N3O2/c1-2-20-12-13-21-19(24)17-10-14-22(15-11-17)18(23)9-8-16-6-4-3-5-7-16/h3-7,17,20H,2,8-15H2,1H3,(H,21,24). The van der Waals surface area contributed by atoms with Gasteiger partial charge in [0, 0.05) is 38.5 Å². The van der Waals surface area contributed by atoms with Gasteiger partial charge < -0.3 is 15.5 Å². The van der Waals surface area contributed by atoms with Crippen molar-refractivity contribution in [2.75, 3.05) is 32.7 Å². The summed E-state index contributed by atoms with van der Waals surface area (Å²) < 4.78 is 0. The minimum Gasteiger partial charge on any atom is -0.355 e. The number of likely N-dealkylation sites (N-methyl/N-ethyl adjacent to an activating group) is 1. The van der Waals surface area contributed by atoms with E-state index in [9.17, 15) is 9.59 Å². The van der Waals surface area contributed by atoms with E-state index in [-0.39, 0.29) is 17.7 Å². The van der Waals surface area contributed by atoms with Gasteiger partial charge in [-0.15, -0.1) is 0 Å². The van der Waals surface area contributed by atoms with Gasteiger partial charge in [0.15, 0.2) is 0 Å². The van der Waals surface area contributed by atoms with Crippen LogP contribution in [0.1, 0.15) is 31.7 Å². The molecule has 0 saturated carbocycles. The number of benzene rings is 1. The molecule has 0 spiro atoms. The van der Waals surface area contributed by atoms with Gasteiger partial charge in [0.25, 0.3) is 0 Å². The smallest absolute Gasteiger partial charge is 0.223 e. The molecule has 0 bridgehead atoms. The molecule has 2 N–H and O–H groups in total. The first-order valence-electron chi connectivity index (χ1n) is 9.01. The van der Waals surface area contributed by atoms with Crippen molar-refractivity contribution in [3.63, 3.8) is 0 Å². The van der Waals surface area contributed by atoms with Gasteiger partial charge in [-0.05, 0) is 31.4 Å². The van der Waals surface area contributed by atoms with Gasteiger partial charge in [0.05, 0.1) is 0 Å². The van der Waals surface area contributed by atoms with Crippen molar-refractivity contribution in [3.8, 4) is 0 Å². The van der Waals surface area contributed by atoms with Gasteiger partial charge in [0.1, 0.15) is 0 Å². The molecule has 0 unspecified atom stereocenters. The Morgan fingerprint density at radius 2 is 1.83 bits per heavy atom. The number of hydrogen-bond acceptors (Lipinski definition) is 3. The molecule has 2 rings (SSSR count). The Labute approximate surface area is 144 Å². The van der Waals surface area contributed by atoms with Crippen molar-refractivity contribution < 1.29 is 9.59 Å². The molecule has 5 heteroatoms. The highest BCUT2D eigenvalue weighted by atomic mass is 16.2. The second kappa shape index (κ2) is 10.1. The van der Waals surface area contributed by atoms with E-state index in [1.54, 1.807) is 0 Å². The fourth-order valence-electron chi connectivity index (χ4n) is 3.04. The lowest BCUT2D eigenvalue weighted by atomic mass is 9.95. The number of aryl methyl sites for hydroxylation is 1. The zero-order valence-electron chi connectivity index (χ0n) is 14.6. The monoisotopic (exact) mass is 331 g/mol. The molecule has 0 aromatic heterocycles. The van der Waals surface area contributed by atoms with Crippen LogP contribution in [0.25, 0.3) is 0 Å². The van der Waals surface area contributed by atoms with Crippen LogP contribution in [0.5, 0.6) is 0 Å². The highest BCUT2D eigenvalue weighted by Gasteiger charge is 2.26. The maximum absolute atomic E-state index is 12.3. The Balaban J connectivity index is 1.66. The third kappa shape index (κ3) is 5.96. The third-order valence-corrected chi connectivity index (χ3v) is 4.54. The van der Waals surface area contributed by atoms with Crippen LogP contribution in [-0.2, 0) is 16.0 Å². The van der Waals surface area contributed by atoms with Gasteiger partial charge in [-0.3, -0.25) is 9.59 Å². The maximum atomic E-state index is 12.3. The van der Waals surface area contributed by atoms with Crippen LogP contribution in [0.2, 0.25) is 0 Å². The minimum absolute atomic E-state index is 0.0461. The fourth-order valence-corrected chi connectivity index (χ4v) is 3.04. The van der Waals surface area contributed by atoms with Crippen molar-refractivity contribution in [3.05, 3.63) is 35.9 Å². The van der Waals surface area contributed by atoms with E-state index in [1.165, 1.54) is 5.56 Å². The largest absolute Gasteiger partial charge is 0.355 e. The highest BCUT2D eigenvalue weighted by molar-refractivity contribution is 5.80. The van der Waals surface area contributed by atoms with Crippen LogP contribution in [-0.4, -0.2) is 49.4 Å². The summed E-state index contributed by atoms with van der Waals surface area (Å²) in [6, 6.07) is 10.1. The predicted octanol–water partition coefficient (Wildman–Crippen LogP) is 1.58. The average molecular weight is 331 g/mol. The molecule has 1 saturated heterocycles. The number of likely N-dealkylation sites (tertiary alicyclic amines) is 1. The molecule has 0 atom stereocenters. The van der Waals surface area contributed by atoms with Crippen LogP contribution >= 0.6 is 0 Å². The fraction of sp³-hybridized carbons (Fsp3) is 0.579. The second-order valence-corrected chi connectivity index (χ2v) is 6.29. The highest BCUT2D eigenvalue weighted by Crippen LogP contribution is 2.18. The first-order valence-corrected chi connectivity index (χ1v) is 9.01. The Morgan fingerprint density at radius 3 is 2.50 bits per heavy atom.